The first-order valence-corrected chi connectivity index (χ1v) is 10.0. The second-order valence-electron chi connectivity index (χ2n) is 7.25. The summed E-state index contributed by atoms with van der Waals surface area (Å²) in [5.41, 5.74) is 1.11. The molecule has 2 saturated carbocycles. The number of hydrogen-bond donors (Lipinski definition) is 2. The Morgan fingerprint density at radius 3 is 2.70 bits per heavy atom. The number of ether oxygens (including phenoxy) is 2. The fourth-order valence-electron chi connectivity index (χ4n) is 2.54. The first-order chi connectivity index (χ1) is 12.8. The molecule has 7 heteroatoms. The van der Waals surface area contributed by atoms with Crippen LogP contribution in [-0.2, 0) is 11.3 Å². The Morgan fingerprint density at radius 1 is 1.19 bits per heavy atom. The molecule has 27 heavy (non-hydrogen) atoms. The van der Waals surface area contributed by atoms with Crippen molar-refractivity contribution in [3.63, 3.8) is 0 Å². The number of halogens is 1. The number of rotatable bonds is 12. The summed E-state index contributed by atoms with van der Waals surface area (Å²) >= 11 is 0. The zero-order valence-electron chi connectivity index (χ0n) is 16.3. The number of aliphatic imine (C=N–C) groups is 1. The van der Waals surface area contributed by atoms with Crippen LogP contribution in [0.2, 0.25) is 0 Å². The van der Waals surface area contributed by atoms with Crippen molar-refractivity contribution in [1.82, 2.24) is 15.6 Å². The predicted molar refractivity (Wildman–Crippen MR) is 119 cm³/mol. The molecule has 2 aliphatic rings. The number of nitrogens with zero attached hydrogens (tertiary/aromatic N) is 2. The van der Waals surface area contributed by atoms with Crippen molar-refractivity contribution >= 4 is 29.9 Å². The van der Waals surface area contributed by atoms with E-state index in [2.05, 4.69) is 27.5 Å². The minimum Gasteiger partial charge on any atom is -0.477 e. The van der Waals surface area contributed by atoms with Gasteiger partial charge in [0, 0.05) is 38.6 Å². The number of pyridine rings is 1. The van der Waals surface area contributed by atoms with E-state index in [1.807, 2.05) is 12.1 Å². The number of nitrogens with one attached hydrogen (secondary N) is 2. The Hall–Kier alpha value is -1.09. The highest BCUT2D eigenvalue weighted by atomic mass is 127. The van der Waals surface area contributed by atoms with Gasteiger partial charge in [0.2, 0.25) is 5.88 Å². The molecule has 0 aliphatic heterocycles. The molecule has 3 rings (SSSR count). The van der Waals surface area contributed by atoms with Crippen LogP contribution in [0.4, 0.5) is 0 Å². The molecular formula is C20H33IN4O2. The van der Waals surface area contributed by atoms with E-state index in [9.17, 15) is 0 Å². The van der Waals surface area contributed by atoms with Crippen molar-refractivity contribution in [2.75, 3.05) is 32.9 Å². The summed E-state index contributed by atoms with van der Waals surface area (Å²) in [6.45, 7) is 6.92. The molecule has 6 nitrogen and oxygen atoms in total. The molecule has 0 unspecified atom stereocenters. The molecule has 2 fully saturated rings. The molecule has 1 aromatic heterocycles. The lowest BCUT2D eigenvalue weighted by Crippen LogP contribution is -2.38. The van der Waals surface area contributed by atoms with E-state index >= 15 is 0 Å². The molecule has 0 aromatic carbocycles. The average molecular weight is 488 g/mol. The standard InChI is InChI=1S/C20H32N4O2.HI/c1-2-21-20(23-9-3-11-25-14-16-4-5-16)24-13-18-8-10-22-19(12-18)26-15-17-6-7-17;/h8,10,12,16-17H,2-7,9,11,13-15H2,1H3,(H2,21,23,24);1H. The van der Waals surface area contributed by atoms with Gasteiger partial charge >= 0.3 is 0 Å². The lowest BCUT2D eigenvalue weighted by molar-refractivity contribution is 0.123. The number of guanidine groups is 1. The van der Waals surface area contributed by atoms with Gasteiger partial charge in [-0.15, -0.1) is 24.0 Å². The SMILES string of the molecule is CCNC(=NCc1ccnc(OCC2CC2)c1)NCCCOCC1CC1.I. The highest BCUT2D eigenvalue weighted by molar-refractivity contribution is 14.0. The third kappa shape index (κ3) is 9.60. The van der Waals surface area contributed by atoms with Crippen LogP contribution >= 0.6 is 24.0 Å². The first kappa shape index (κ1) is 22.2. The van der Waals surface area contributed by atoms with Gasteiger partial charge < -0.3 is 20.1 Å². The van der Waals surface area contributed by atoms with Crippen LogP contribution < -0.4 is 15.4 Å². The summed E-state index contributed by atoms with van der Waals surface area (Å²) < 4.78 is 11.4. The molecule has 2 N–H and O–H groups in total. The summed E-state index contributed by atoms with van der Waals surface area (Å²) in [6, 6.07) is 3.98. The molecular weight excluding hydrogens is 455 g/mol. The van der Waals surface area contributed by atoms with Gasteiger partial charge in [-0.05, 0) is 62.5 Å². The maximum Gasteiger partial charge on any atom is 0.213 e. The lowest BCUT2D eigenvalue weighted by Gasteiger charge is -2.11. The van der Waals surface area contributed by atoms with Gasteiger partial charge in [-0.3, -0.25) is 0 Å². The molecule has 0 radical (unpaired) electrons. The molecule has 0 spiro atoms. The van der Waals surface area contributed by atoms with Gasteiger partial charge in [0.15, 0.2) is 5.96 Å². The van der Waals surface area contributed by atoms with Crippen LogP contribution in [0.25, 0.3) is 0 Å². The van der Waals surface area contributed by atoms with Crippen LogP contribution in [0.1, 0.15) is 44.6 Å². The fraction of sp³-hybridized carbons (Fsp3) is 0.700. The van der Waals surface area contributed by atoms with E-state index in [0.29, 0.717) is 12.4 Å². The van der Waals surface area contributed by atoms with E-state index in [4.69, 9.17) is 9.47 Å². The zero-order chi connectivity index (χ0) is 18.0. The summed E-state index contributed by atoms with van der Waals surface area (Å²) in [6.07, 6.45) is 8.05. The van der Waals surface area contributed by atoms with E-state index in [0.717, 1.165) is 62.7 Å². The number of hydrogen-bond acceptors (Lipinski definition) is 4. The molecule has 0 bridgehead atoms. The largest absolute Gasteiger partial charge is 0.477 e. The monoisotopic (exact) mass is 488 g/mol. The van der Waals surface area contributed by atoms with Crippen LogP contribution in [0.3, 0.4) is 0 Å². The Balaban J connectivity index is 0.00000261. The smallest absolute Gasteiger partial charge is 0.213 e. The normalized spacial score (nSPS) is 16.6. The van der Waals surface area contributed by atoms with E-state index in [1.54, 1.807) is 6.20 Å². The highest BCUT2D eigenvalue weighted by Gasteiger charge is 2.22. The van der Waals surface area contributed by atoms with E-state index in [-0.39, 0.29) is 24.0 Å². The van der Waals surface area contributed by atoms with Gasteiger partial charge in [-0.1, -0.05) is 0 Å². The van der Waals surface area contributed by atoms with Crippen LogP contribution in [0.15, 0.2) is 23.3 Å². The van der Waals surface area contributed by atoms with Crippen LogP contribution in [0, 0.1) is 11.8 Å². The minimum absolute atomic E-state index is 0. The van der Waals surface area contributed by atoms with Gasteiger partial charge in [-0.25, -0.2) is 9.98 Å². The Morgan fingerprint density at radius 2 is 1.96 bits per heavy atom. The maximum absolute atomic E-state index is 5.74. The van der Waals surface area contributed by atoms with Gasteiger partial charge in [-0.2, -0.15) is 0 Å². The van der Waals surface area contributed by atoms with Crippen molar-refractivity contribution in [2.45, 2.75) is 45.6 Å². The topological polar surface area (TPSA) is 67.8 Å². The van der Waals surface area contributed by atoms with Crippen LogP contribution in [-0.4, -0.2) is 43.9 Å². The fourth-order valence-corrected chi connectivity index (χ4v) is 2.54. The minimum atomic E-state index is 0. The van der Waals surface area contributed by atoms with Crippen molar-refractivity contribution in [3.8, 4) is 5.88 Å². The zero-order valence-corrected chi connectivity index (χ0v) is 18.6. The second-order valence-corrected chi connectivity index (χ2v) is 7.25. The summed E-state index contributed by atoms with van der Waals surface area (Å²) in [5, 5.41) is 6.66. The van der Waals surface area contributed by atoms with Crippen molar-refractivity contribution in [2.24, 2.45) is 16.8 Å². The first-order valence-electron chi connectivity index (χ1n) is 10.0. The van der Waals surface area contributed by atoms with E-state index < -0.39 is 0 Å². The molecule has 0 amide bonds. The maximum atomic E-state index is 5.74. The average Bonchev–Trinajstić information content (AvgIpc) is 3.55. The lowest BCUT2D eigenvalue weighted by atomic mass is 10.3. The quantitative estimate of drug-likeness (QED) is 0.205. The van der Waals surface area contributed by atoms with Crippen molar-refractivity contribution < 1.29 is 9.47 Å². The molecule has 1 aromatic rings. The summed E-state index contributed by atoms with van der Waals surface area (Å²) in [5.74, 6) is 3.11. The molecule has 152 valence electrons. The second kappa shape index (κ2) is 12.4. The summed E-state index contributed by atoms with van der Waals surface area (Å²) in [7, 11) is 0. The third-order valence-corrected chi connectivity index (χ3v) is 4.54. The Kier molecular flexibility index (Phi) is 10.2. The molecule has 1 heterocycles. The third-order valence-electron chi connectivity index (χ3n) is 4.54. The number of aromatic nitrogens is 1. The Bertz CT molecular complexity index is 577. The van der Waals surface area contributed by atoms with Gasteiger partial charge in [0.25, 0.3) is 0 Å². The van der Waals surface area contributed by atoms with Crippen molar-refractivity contribution in [3.05, 3.63) is 23.9 Å². The summed E-state index contributed by atoms with van der Waals surface area (Å²) in [4.78, 5) is 8.94. The molecule has 0 atom stereocenters. The molecule has 2 aliphatic carbocycles. The van der Waals surface area contributed by atoms with Gasteiger partial charge in [0.1, 0.15) is 0 Å². The predicted octanol–water partition coefficient (Wildman–Crippen LogP) is 3.36. The van der Waals surface area contributed by atoms with Crippen LogP contribution in [0.5, 0.6) is 5.88 Å². The molecule has 0 saturated heterocycles. The van der Waals surface area contributed by atoms with E-state index in [1.165, 1.54) is 25.7 Å². The van der Waals surface area contributed by atoms with Gasteiger partial charge in [0.05, 0.1) is 13.2 Å². The van der Waals surface area contributed by atoms with Crippen molar-refractivity contribution in [1.29, 1.82) is 0 Å². The highest BCUT2D eigenvalue weighted by Crippen LogP contribution is 2.29. The Labute approximate surface area is 179 Å².